The number of benzene rings is 1. The molecule has 0 aliphatic carbocycles. The smallest absolute Gasteiger partial charge is 0.224 e. The molecule has 1 aliphatic heterocycles. The number of hydrogen-bond donors (Lipinski definition) is 2. The third-order valence-electron chi connectivity index (χ3n) is 3.20. The molecule has 1 amide bonds. The highest BCUT2D eigenvalue weighted by atomic mass is 16.5. The van der Waals surface area contributed by atoms with E-state index in [1.165, 1.54) is 0 Å². The lowest BCUT2D eigenvalue weighted by molar-refractivity contribution is -0.121. The van der Waals surface area contributed by atoms with Gasteiger partial charge in [-0.05, 0) is 11.1 Å². The van der Waals surface area contributed by atoms with Crippen molar-refractivity contribution >= 4 is 5.91 Å². The first-order valence-corrected chi connectivity index (χ1v) is 6.93. The van der Waals surface area contributed by atoms with Crippen LogP contribution in [0, 0.1) is 0 Å². The van der Waals surface area contributed by atoms with Crippen LogP contribution in [0.2, 0.25) is 0 Å². The Balaban J connectivity index is 1.77. The van der Waals surface area contributed by atoms with Crippen molar-refractivity contribution in [2.75, 3.05) is 33.4 Å². The van der Waals surface area contributed by atoms with Crippen LogP contribution in [0.15, 0.2) is 24.3 Å². The third-order valence-corrected chi connectivity index (χ3v) is 3.20. The Labute approximate surface area is 119 Å². The average Bonchev–Trinajstić information content (AvgIpc) is 2.47. The van der Waals surface area contributed by atoms with E-state index in [1.807, 2.05) is 24.3 Å². The van der Waals surface area contributed by atoms with Gasteiger partial charge in [0.05, 0.1) is 25.7 Å². The molecule has 0 radical (unpaired) electrons. The van der Waals surface area contributed by atoms with Crippen molar-refractivity contribution < 1.29 is 14.3 Å². The zero-order chi connectivity index (χ0) is 14.2. The molecule has 1 heterocycles. The lowest BCUT2D eigenvalue weighted by Gasteiger charge is -2.23. The Morgan fingerprint density at radius 3 is 3.10 bits per heavy atom. The number of morpholine rings is 1. The van der Waals surface area contributed by atoms with Gasteiger partial charge in [0.2, 0.25) is 5.91 Å². The van der Waals surface area contributed by atoms with Gasteiger partial charge in [0.15, 0.2) is 0 Å². The summed E-state index contributed by atoms with van der Waals surface area (Å²) in [5, 5.41) is 6.16. The standard InChI is InChI=1S/C15H22N2O3/c1-19-11-13-4-2-3-12(7-13)8-15(18)17-10-14-9-16-5-6-20-14/h2-4,7,14,16H,5-6,8-11H2,1H3,(H,17,18). The van der Waals surface area contributed by atoms with E-state index < -0.39 is 0 Å². The van der Waals surface area contributed by atoms with E-state index in [2.05, 4.69) is 10.6 Å². The van der Waals surface area contributed by atoms with Crippen LogP contribution in [0.4, 0.5) is 0 Å². The Bertz CT molecular complexity index is 431. The first-order chi connectivity index (χ1) is 9.78. The fourth-order valence-corrected chi connectivity index (χ4v) is 2.22. The van der Waals surface area contributed by atoms with Crippen LogP contribution in [0.1, 0.15) is 11.1 Å². The lowest BCUT2D eigenvalue weighted by Crippen LogP contribution is -2.45. The van der Waals surface area contributed by atoms with Gasteiger partial charge in [-0.2, -0.15) is 0 Å². The summed E-state index contributed by atoms with van der Waals surface area (Å²) in [6, 6.07) is 7.90. The van der Waals surface area contributed by atoms with E-state index in [-0.39, 0.29) is 12.0 Å². The Kier molecular flexibility index (Phi) is 5.98. The van der Waals surface area contributed by atoms with Gasteiger partial charge < -0.3 is 20.1 Å². The largest absolute Gasteiger partial charge is 0.380 e. The fourth-order valence-electron chi connectivity index (χ4n) is 2.22. The zero-order valence-corrected chi connectivity index (χ0v) is 11.9. The van der Waals surface area contributed by atoms with E-state index in [1.54, 1.807) is 7.11 Å². The zero-order valence-electron chi connectivity index (χ0n) is 11.9. The normalized spacial score (nSPS) is 18.8. The summed E-state index contributed by atoms with van der Waals surface area (Å²) in [7, 11) is 1.66. The molecule has 1 fully saturated rings. The number of nitrogens with one attached hydrogen (secondary N) is 2. The minimum atomic E-state index is 0.0220. The maximum Gasteiger partial charge on any atom is 0.224 e. The van der Waals surface area contributed by atoms with Crippen molar-refractivity contribution in [3.05, 3.63) is 35.4 Å². The summed E-state index contributed by atoms with van der Waals surface area (Å²) in [5.74, 6) is 0.0220. The molecule has 1 unspecified atom stereocenters. The van der Waals surface area contributed by atoms with E-state index in [0.717, 1.165) is 24.2 Å². The number of ether oxygens (including phenoxy) is 2. The molecule has 0 saturated carbocycles. The minimum Gasteiger partial charge on any atom is -0.380 e. The molecule has 0 aromatic heterocycles. The van der Waals surface area contributed by atoms with Crippen LogP contribution in [0.25, 0.3) is 0 Å². The molecule has 0 bridgehead atoms. The molecule has 1 saturated heterocycles. The quantitative estimate of drug-likeness (QED) is 0.794. The van der Waals surface area contributed by atoms with Gasteiger partial charge in [0.25, 0.3) is 0 Å². The fraction of sp³-hybridized carbons (Fsp3) is 0.533. The van der Waals surface area contributed by atoms with E-state index >= 15 is 0 Å². The van der Waals surface area contributed by atoms with Crippen LogP contribution >= 0.6 is 0 Å². The van der Waals surface area contributed by atoms with E-state index in [4.69, 9.17) is 9.47 Å². The van der Waals surface area contributed by atoms with Crippen LogP contribution < -0.4 is 10.6 Å². The highest BCUT2D eigenvalue weighted by Crippen LogP contribution is 2.07. The first-order valence-electron chi connectivity index (χ1n) is 6.93. The Hall–Kier alpha value is -1.43. The number of hydrogen-bond acceptors (Lipinski definition) is 4. The highest BCUT2D eigenvalue weighted by Gasteiger charge is 2.14. The van der Waals surface area contributed by atoms with Crippen molar-refractivity contribution in [2.24, 2.45) is 0 Å². The summed E-state index contributed by atoms with van der Waals surface area (Å²) in [6.07, 6.45) is 0.463. The van der Waals surface area contributed by atoms with Crippen LogP contribution in [-0.4, -0.2) is 45.4 Å². The number of carbonyl (C=O) groups excluding carboxylic acids is 1. The predicted molar refractivity (Wildman–Crippen MR) is 76.5 cm³/mol. The van der Waals surface area contributed by atoms with E-state index in [0.29, 0.717) is 26.2 Å². The molecule has 1 atom stereocenters. The van der Waals surface area contributed by atoms with Crippen LogP contribution in [0.5, 0.6) is 0 Å². The second-order valence-electron chi connectivity index (χ2n) is 4.93. The van der Waals surface area contributed by atoms with Gasteiger partial charge in [-0.3, -0.25) is 4.79 Å². The third kappa shape index (κ3) is 4.92. The predicted octanol–water partition coefficient (Wildman–Crippen LogP) is 0.480. The van der Waals surface area contributed by atoms with Gasteiger partial charge >= 0.3 is 0 Å². The summed E-state index contributed by atoms with van der Waals surface area (Å²) in [6.45, 7) is 3.51. The number of amides is 1. The summed E-state index contributed by atoms with van der Waals surface area (Å²) in [4.78, 5) is 11.9. The minimum absolute atomic E-state index is 0.0220. The number of methoxy groups -OCH3 is 1. The second kappa shape index (κ2) is 7.99. The van der Waals surface area contributed by atoms with Gasteiger partial charge in [0.1, 0.15) is 0 Å². The monoisotopic (exact) mass is 278 g/mol. The van der Waals surface area contributed by atoms with Gasteiger partial charge in [0, 0.05) is 26.7 Å². The van der Waals surface area contributed by atoms with Crippen LogP contribution in [-0.2, 0) is 27.3 Å². The maximum atomic E-state index is 11.9. The van der Waals surface area contributed by atoms with Crippen LogP contribution in [0.3, 0.4) is 0 Å². The molecule has 20 heavy (non-hydrogen) atoms. The van der Waals surface area contributed by atoms with Crippen molar-refractivity contribution in [1.29, 1.82) is 0 Å². The molecule has 5 heteroatoms. The van der Waals surface area contributed by atoms with Gasteiger partial charge in [-0.1, -0.05) is 24.3 Å². The van der Waals surface area contributed by atoms with Crippen molar-refractivity contribution in [2.45, 2.75) is 19.1 Å². The summed E-state index contributed by atoms with van der Waals surface area (Å²) < 4.78 is 10.6. The van der Waals surface area contributed by atoms with Crippen molar-refractivity contribution in [3.63, 3.8) is 0 Å². The Morgan fingerprint density at radius 1 is 1.50 bits per heavy atom. The highest BCUT2D eigenvalue weighted by molar-refractivity contribution is 5.78. The number of rotatable bonds is 6. The molecule has 2 rings (SSSR count). The molecule has 2 N–H and O–H groups in total. The average molecular weight is 278 g/mol. The molecular weight excluding hydrogens is 256 g/mol. The molecule has 110 valence electrons. The SMILES string of the molecule is COCc1cccc(CC(=O)NCC2CNCCO2)c1. The topological polar surface area (TPSA) is 59.6 Å². The van der Waals surface area contributed by atoms with Gasteiger partial charge in [-0.25, -0.2) is 0 Å². The molecule has 1 aromatic carbocycles. The molecule has 1 aromatic rings. The molecular formula is C15H22N2O3. The lowest BCUT2D eigenvalue weighted by atomic mass is 10.1. The van der Waals surface area contributed by atoms with Crippen molar-refractivity contribution in [1.82, 2.24) is 10.6 Å². The second-order valence-corrected chi connectivity index (χ2v) is 4.93. The van der Waals surface area contributed by atoms with Gasteiger partial charge in [-0.15, -0.1) is 0 Å². The summed E-state index contributed by atoms with van der Waals surface area (Å²) in [5.41, 5.74) is 2.08. The Morgan fingerprint density at radius 2 is 2.35 bits per heavy atom. The maximum absolute atomic E-state index is 11.9. The first kappa shape index (κ1) is 15.0. The molecule has 5 nitrogen and oxygen atoms in total. The van der Waals surface area contributed by atoms with Crippen molar-refractivity contribution in [3.8, 4) is 0 Å². The molecule has 0 spiro atoms. The number of carbonyl (C=O) groups is 1. The van der Waals surface area contributed by atoms with E-state index in [9.17, 15) is 4.79 Å². The summed E-state index contributed by atoms with van der Waals surface area (Å²) >= 11 is 0. The molecule has 1 aliphatic rings.